The first-order valence-corrected chi connectivity index (χ1v) is 4.44. The summed E-state index contributed by atoms with van der Waals surface area (Å²) >= 11 is 0. The molecule has 0 unspecified atom stereocenters. The average Bonchev–Trinajstić information content (AvgIpc) is 2.43. The van der Waals surface area contributed by atoms with Gasteiger partial charge in [-0.3, -0.25) is 4.90 Å². The Kier molecular flexibility index (Phi) is 2.11. The largest absolute Gasteiger partial charge is 0.860 e. The molecular formula is C9H9N4O2-. The lowest BCUT2D eigenvalue weighted by Gasteiger charge is -2.14. The fraction of sp³-hybridized carbons (Fsp3) is 0.333. The maximum Gasteiger partial charge on any atom is 0.349 e. The van der Waals surface area contributed by atoms with Crippen LogP contribution < -0.4 is 10.0 Å². The van der Waals surface area contributed by atoms with Crippen LogP contribution in [0.1, 0.15) is 11.4 Å². The minimum atomic E-state index is -0.593. The monoisotopic (exact) mass is 205 g/mol. The SMILES string of the molecule is Cc1cc(C)nc(N2CC([O-])=NC2=O)n1. The maximum atomic E-state index is 11.3. The highest BCUT2D eigenvalue weighted by Gasteiger charge is 2.22. The highest BCUT2D eigenvalue weighted by atomic mass is 16.3. The van der Waals surface area contributed by atoms with Crippen LogP contribution >= 0.6 is 0 Å². The lowest BCUT2D eigenvalue weighted by molar-refractivity contribution is -0.215. The summed E-state index contributed by atoms with van der Waals surface area (Å²) in [4.78, 5) is 23.9. The third-order valence-electron chi connectivity index (χ3n) is 1.96. The molecule has 1 aromatic rings. The molecule has 0 saturated heterocycles. The van der Waals surface area contributed by atoms with E-state index in [4.69, 9.17) is 0 Å². The van der Waals surface area contributed by atoms with E-state index in [-0.39, 0.29) is 12.5 Å². The Bertz CT molecular complexity index is 435. The molecule has 2 heterocycles. The number of anilines is 1. The molecule has 0 atom stereocenters. The molecule has 2 amide bonds. The van der Waals surface area contributed by atoms with Crippen LogP contribution in [0.2, 0.25) is 0 Å². The Morgan fingerprint density at radius 2 is 1.93 bits per heavy atom. The number of carbonyl (C=O) groups excluding carboxylic acids is 1. The number of amides is 2. The van der Waals surface area contributed by atoms with E-state index in [0.717, 1.165) is 11.4 Å². The molecule has 0 aromatic carbocycles. The van der Waals surface area contributed by atoms with Crippen LogP contribution in [0.3, 0.4) is 0 Å². The molecular weight excluding hydrogens is 196 g/mol. The van der Waals surface area contributed by atoms with E-state index in [0.29, 0.717) is 0 Å². The van der Waals surface area contributed by atoms with Crippen molar-refractivity contribution in [2.75, 3.05) is 11.4 Å². The van der Waals surface area contributed by atoms with Crippen molar-refractivity contribution in [1.82, 2.24) is 9.97 Å². The highest BCUT2D eigenvalue weighted by Crippen LogP contribution is 2.13. The maximum absolute atomic E-state index is 11.3. The second-order valence-corrected chi connectivity index (χ2v) is 3.32. The van der Waals surface area contributed by atoms with E-state index >= 15 is 0 Å². The van der Waals surface area contributed by atoms with E-state index in [1.807, 2.05) is 0 Å². The number of urea groups is 1. The van der Waals surface area contributed by atoms with Crippen LogP contribution in [0.5, 0.6) is 0 Å². The van der Waals surface area contributed by atoms with Crippen molar-refractivity contribution < 1.29 is 9.90 Å². The lowest BCUT2D eigenvalue weighted by Crippen LogP contribution is -2.31. The van der Waals surface area contributed by atoms with Crippen molar-refractivity contribution in [2.45, 2.75) is 13.8 Å². The molecule has 78 valence electrons. The number of aromatic nitrogens is 2. The van der Waals surface area contributed by atoms with E-state index in [9.17, 15) is 9.90 Å². The third-order valence-corrected chi connectivity index (χ3v) is 1.96. The second-order valence-electron chi connectivity index (χ2n) is 3.32. The number of aliphatic imine (C=N–C) groups is 1. The van der Waals surface area contributed by atoms with Gasteiger partial charge in [0.1, 0.15) is 0 Å². The quantitative estimate of drug-likeness (QED) is 0.635. The molecule has 0 aliphatic carbocycles. The first-order valence-electron chi connectivity index (χ1n) is 4.44. The standard InChI is InChI=1S/C9H10N4O2/c1-5-3-6(2)11-8(10-5)13-4-7(14)12-9(13)15/h3H,4H2,1-2H3,(H,12,14,15)/p-1. The molecule has 0 bridgehead atoms. The molecule has 15 heavy (non-hydrogen) atoms. The normalized spacial score (nSPS) is 15.7. The van der Waals surface area contributed by atoms with Gasteiger partial charge in [0.15, 0.2) is 0 Å². The molecule has 0 spiro atoms. The number of carbonyl (C=O) groups is 1. The molecule has 1 aliphatic rings. The summed E-state index contributed by atoms with van der Waals surface area (Å²) in [5.41, 5.74) is 1.51. The predicted octanol–water partition coefficient (Wildman–Crippen LogP) is -0.208. The Morgan fingerprint density at radius 1 is 1.33 bits per heavy atom. The molecule has 0 N–H and O–H groups in total. The Hall–Kier alpha value is -1.98. The molecule has 0 saturated carbocycles. The summed E-state index contributed by atoms with van der Waals surface area (Å²) in [6.45, 7) is 3.54. The smallest absolute Gasteiger partial charge is 0.349 e. The third kappa shape index (κ3) is 1.78. The van der Waals surface area contributed by atoms with E-state index < -0.39 is 11.9 Å². The van der Waals surface area contributed by atoms with Crippen LogP contribution in [0.15, 0.2) is 11.1 Å². The molecule has 0 fully saturated rings. The zero-order chi connectivity index (χ0) is 11.0. The van der Waals surface area contributed by atoms with Gasteiger partial charge in [-0.25, -0.2) is 19.8 Å². The molecule has 6 heteroatoms. The topological polar surface area (TPSA) is 81.5 Å². The highest BCUT2D eigenvalue weighted by molar-refractivity contribution is 6.06. The molecule has 6 nitrogen and oxygen atoms in total. The van der Waals surface area contributed by atoms with Gasteiger partial charge >= 0.3 is 6.03 Å². The molecule has 1 aromatic heterocycles. The van der Waals surface area contributed by atoms with Crippen molar-refractivity contribution in [1.29, 1.82) is 0 Å². The summed E-state index contributed by atoms with van der Waals surface area (Å²) in [5.74, 6) is -0.213. The number of nitrogens with zero attached hydrogens (tertiary/aromatic N) is 4. The first-order chi connectivity index (χ1) is 7.06. The van der Waals surface area contributed by atoms with Gasteiger partial charge in [0.2, 0.25) is 5.95 Å². The number of rotatable bonds is 1. The fourth-order valence-corrected chi connectivity index (χ4v) is 1.39. The van der Waals surface area contributed by atoms with Crippen molar-refractivity contribution in [3.63, 3.8) is 0 Å². The first kappa shape index (κ1) is 9.57. The van der Waals surface area contributed by atoms with Gasteiger partial charge in [0, 0.05) is 11.4 Å². The van der Waals surface area contributed by atoms with Gasteiger partial charge in [-0.1, -0.05) is 0 Å². The van der Waals surface area contributed by atoms with Crippen LogP contribution in [0.4, 0.5) is 10.7 Å². The van der Waals surface area contributed by atoms with Crippen molar-refractivity contribution in [3.8, 4) is 0 Å². The minimum Gasteiger partial charge on any atom is -0.860 e. The number of hydrogen-bond donors (Lipinski definition) is 0. The number of hydrogen-bond acceptors (Lipinski definition) is 4. The van der Waals surface area contributed by atoms with Crippen molar-refractivity contribution in [3.05, 3.63) is 17.5 Å². The minimum absolute atomic E-state index is 0.0677. The van der Waals surface area contributed by atoms with E-state index in [1.165, 1.54) is 4.90 Å². The Balaban J connectivity index is 2.35. The van der Waals surface area contributed by atoms with Gasteiger partial charge in [-0.15, -0.1) is 0 Å². The van der Waals surface area contributed by atoms with Gasteiger partial charge in [0.25, 0.3) is 0 Å². The van der Waals surface area contributed by atoms with Crippen molar-refractivity contribution in [2.24, 2.45) is 4.99 Å². The zero-order valence-electron chi connectivity index (χ0n) is 8.39. The molecule has 1 aliphatic heterocycles. The summed E-state index contributed by atoms with van der Waals surface area (Å²) < 4.78 is 0. The molecule has 0 radical (unpaired) electrons. The van der Waals surface area contributed by atoms with Gasteiger partial charge in [-0.05, 0) is 25.8 Å². The summed E-state index contributed by atoms with van der Waals surface area (Å²) in [7, 11) is 0. The fourth-order valence-electron chi connectivity index (χ4n) is 1.39. The zero-order valence-corrected chi connectivity index (χ0v) is 8.39. The van der Waals surface area contributed by atoms with Crippen LogP contribution in [0, 0.1) is 13.8 Å². The predicted molar refractivity (Wildman–Crippen MR) is 51.7 cm³/mol. The summed E-state index contributed by atoms with van der Waals surface area (Å²) in [6, 6.07) is 1.20. The van der Waals surface area contributed by atoms with Gasteiger partial charge in [0.05, 0.1) is 6.54 Å². The van der Waals surface area contributed by atoms with Crippen molar-refractivity contribution >= 4 is 17.9 Å². The van der Waals surface area contributed by atoms with Crippen LogP contribution in [-0.4, -0.2) is 28.4 Å². The average molecular weight is 205 g/mol. The van der Waals surface area contributed by atoms with E-state index in [1.54, 1.807) is 19.9 Å². The number of aryl methyl sites for hydroxylation is 2. The van der Waals surface area contributed by atoms with Crippen LogP contribution in [0.25, 0.3) is 0 Å². The lowest BCUT2D eigenvalue weighted by atomic mass is 10.3. The van der Waals surface area contributed by atoms with E-state index in [2.05, 4.69) is 15.0 Å². The Morgan fingerprint density at radius 3 is 2.40 bits per heavy atom. The van der Waals surface area contributed by atoms with Gasteiger partial charge in [-0.2, -0.15) is 0 Å². The van der Waals surface area contributed by atoms with Crippen LogP contribution in [-0.2, 0) is 0 Å². The summed E-state index contributed by atoms with van der Waals surface area (Å²) in [5, 5.41) is 10.9. The Labute approximate surface area is 86.3 Å². The second kappa shape index (κ2) is 3.30. The summed E-state index contributed by atoms with van der Waals surface area (Å²) in [6.07, 6.45) is 0. The molecule has 2 rings (SSSR count). The van der Waals surface area contributed by atoms with Gasteiger partial charge < -0.3 is 5.11 Å².